The van der Waals surface area contributed by atoms with Gasteiger partial charge in [0, 0.05) is 55.8 Å². The van der Waals surface area contributed by atoms with E-state index in [4.69, 9.17) is 16.9 Å². The van der Waals surface area contributed by atoms with Crippen LogP contribution in [0.25, 0.3) is 0 Å². The molecule has 2 heterocycles. The van der Waals surface area contributed by atoms with Crippen LogP contribution in [0, 0.1) is 11.8 Å². The first-order chi connectivity index (χ1) is 12.2. The molecule has 3 aliphatic rings. The van der Waals surface area contributed by atoms with Gasteiger partial charge in [0.05, 0.1) is 6.17 Å². The molecule has 0 bridgehead atoms. The zero-order valence-electron chi connectivity index (χ0n) is 14.7. The lowest BCUT2D eigenvalue weighted by Gasteiger charge is -2.41. The van der Waals surface area contributed by atoms with E-state index >= 15 is 0 Å². The monoisotopic (exact) mass is 360 g/mol. The van der Waals surface area contributed by atoms with E-state index in [1.807, 2.05) is 12.1 Å². The molecule has 2 saturated heterocycles. The SMILES string of the molecule is O=C(c1ccc(Cl)cc1)C1CC[N]C(N2CCN(CC3CC3)CC2)C1. The molecule has 1 saturated carbocycles. The molecule has 3 fully saturated rings. The number of piperazine rings is 1. The largest absolute Gasteiger partial charge is 0.301 e. The average Bonchev–Trinajstić information content (AvgIpc) is 3.46. The predicted octanol–water partition coefficient (Wildman–Crippen LogP) is 2.89. The molecule has 5 heteroatoms. The number of piperidine rings is 1. The highest BCUT2D eigenvalue weighted by molar-refractivity contribution is 6.30. The highest BCUT2D eigenvalue weighted by Gasteiger charge is 2.34. The normalized spacial score (nSPS) is 28.8. The Bertz CT molecular complexity index is 593. The van der Waals surface area contributed by atoms with Crippen molar-refractivity contribution in [3.05, 3.63) is 34.9 Å². The molecule has 0 aromatic heterocycles. The molecule has 1 aromatic rings. The number of hydrogen-bond acceptors (Lipinski definition) is 3. The number of benzene rings is 1. The van der Waals surface area contributed by atoms with Crippen molar-refractivity contribution in [3.8, 4) is 0 Å². The summed E-state index contributed by atoms with van der Waals surface area (Å²) < 4.78 is 0. The molecule has 0 N–H and O–H groups in total. The number of nitrogens with zero attached hydrogens (tertiary/aromatic N) is 3. The second kappa shape index (κ2) is 7.75. The van der Waals surface area contributed by atoms with Gasteiger partial charge in [-0.2, -0.15) is 0 Å². The van der Waals surface area contributed by atoms with Crippen LogP contribution in [0.5, 0.6) is 0 Å². The Morgan fingerprint density at radius 1 is 1.08 bits per heavy atom. The van der Waals surface area contributed by atoms with E-state index in [-0.39, 0.29) is 17.9 Å². The van der Waals surface area contributed by atoms with Gasteiger partial charge in [0.2, 0.25) is 0 Å². The fraction of sp³-hybridized carbons (Fsp3) is 0.650. The second-order valence-electron chi connectivity index (χ2n) is 7.76. The quantitative estimate of drug-likeness (QED) is 0.758. The van der Waals surface area contributed by atoms with E-state index in [0.717, 1.165) is 57.0 Å². The topological polar surface area (TPSA) is 37.7 Å². The third-order valence-corrected chi connectivity index (χ3v) is 6.11. The van der Waals surface area contributed by atoms with Gasteiger partial charge in [-0.15, -0.1) is 0 Å². The van der Waals surface area contributed by atoms with Crippen molar-refractivity contribution in [1.82, 2.24) is 15.1 Å². The van der Waals surface area contributed by atoms with Crippen LogP contribution in [-0.2, 0) is 0 Å². The van der Waals surface area contributed by atoms with Gasteiger partial charge < -0.3 is 4.90 Å². The molecular formula is C20H27ClN3O. The van der Waals surface area contributed by atoms with E-state index < -0.39 is 0 Å². The molecule has 2 atom stereocenters. The lowest BCUT2D eigenvalue weighted by Crippen LogP contribution is -2.55. The van der Waals surface area contributed by atoms with Gasteiger partial charge in [-0.05, 0) is 55.9 Å². The molecular weight excluding hydrogens is 334 g/mol. The van der Waals surface area contributed by atoms with Crippen LogP contribution in [0.3, 0.4) is 0 Å². The van der Waals surface area contributed by atoms with Crippen molar-refractivity contribution in [3.63, 3.8) is 0 Å². The summed E-state index contributed by atoms with van der Waals surface area (Å²) in [4.78, 5) is 17.9. The molecule has 2 aliphatic heterocycles. The second-order valence-corrected chi connectivity index (χ2v) is 8.20. The maximum atomic E-state index is 12.8. The van der Waals surface area contributed by atoms with Gasteiger partial charge in [-0.1, -0.05) is 11.6 Å². The molecule has 1 radical (unpaired) electrons. The first-order valence-electron chi connectivity index (χ1n) is 9.62. The van der Waals surface area contributed by atoms with Crippen molar-refractivity contribution in [1.29, 1.82) is 0 Å². The van der Waals surface area contributed by atoms with Crippen LogP contribution >= 0.6 is 11.6 Å². The summed E-state index contributed by atoms with van der Waals surface area (Å²) in [5.74, 6) is 1.31. The Kier molecular flexibility index (Phi) is 5.41. The summed E-state index contributed by atoms with van der Waals surface area (Å²) in [5.41, 5.74) is 0.782. The number of Topliss-reactive ketones (excluding diaryl/α,β-unsaturated/α-hetero) is 1. The van der Waals surface area contributed by atoms with Crippen molar-refractivity contribution in [2.24, 2.45) is 11.8 Å². The van der Waals surface area contributed by atoms with E-state index in [1.54, 1.807) is 12.1 Å². The van der Waals surface area contributed by atoms with Gasteiger partial charge in [0.15, 0.2) is 5.78 Å². The zero-order chi connectivity index (χ0) is 17.2. The zero-order valence-corrected chi connectivity index (χ0v) is 15.5. The number of halogens is 1. The molecule has 135 valence electrons. The number of ketones is 1. The summed E-state index contributed by atoms with van der Waals surface area (Å²) >= 11 is 5.94. The van der Waals surface area contributed by atoms with Gasteiger partial charge in [0.25, 0.3) is 0 Å². The Hall–Kier alpha value is -0.940. The van der Waals surface area contributed by atoms with Crippen molar-refractivity contribution in [2.75, 3.05) is 39.3 Å². The molecule has 1 aliphatic carbocycles. The smallest absolute Gasteiger partial charge is 0.166 e. The van der Waals surface area contributed by atoms with Gasteiger partial charge >= 0.3 is 0 Å². The Balaban J connectivity index is 1.31. The minimum atomic E-state index is 0.0909. The Labute approximate surface area is 155 Å². The van der Waals surface area contributed by atoms with Crippen LogP contribution in [0.1, 0.15) is 36.0 Å². The number of carbonyl (C=O) groups is 1. The maximum absolute atomic E-state index is 12.8. The maximum Gasteiger partial charge on any atom is 0.166 e. The summed E-state index contributed by atoms with van der Waals surface area (Å²) in [5, 5.41) is 5.50. The van der Waals surface area contributed by atoms with E-state index in [9.17, 15) is 4.79 Å². The predicted molar refractivity (Wildman–Crippen MR) is 100 cm³/mol. The van der Waals surface area contributed by atoms with Crippen LogP contribution in [-0.4, -0.2) is 61.0 Å². The van der Waals surface area contributed by atoms with Gasteiger partial charge in [-0.25, -0.2) is 5.32 Å². The van der Waals surface area contributed by atoms with E-state index in [1.165, 1.54) is 19.4 Å². The number of hydrogen-bond donors (Lipinski definition) is 0. The number of rotatable bonds is 5. The minimum Gasteiger partial charge on any atom is -0.301 e. The average molecular weight is 361 g/mol. The number of carbonyl (C=O) groups excluding carboxylic acids is 1. The van der Waals surface area contributed by atoms with Crippen molar-refractivity contribution >= 4 is 17.4 Å². The Morgan fingerprint density at radius 2 is 1.80 bits per heavy atom. The van der Waals surface area contributed by atoms with E-state index in [0.29, 0.717) is 5.02 Å². The summed E-state index contributed by atoms with van der Waals surface area (Å²) in [7, 11) is 0. The third kappa shape index (κ3) is 4.43. The summed E-state index contributed by atoms with van der Waals surface area (Å²) in [6.45, 7) is 6.56. The standard InChI is InChI=1S/C20H27ClN3O/c21-18-5-3-16(4-6-18)20(25)17-7-8-22-19(13-17)24-11-9-23(10-12-24)14-15-1-2-15/h3-6,15,17,19H,1-2,7-14H2. The molecule has 4 nitrogen and oxygen atoms in total. The van der Waals surface area contributed by atoms with Crippen LogP contribution in [0.15, 0.2) is 24.3 Å². The minimum absolute atomic E-state index is 0.0909. The fourth-order valence-corrected chi connectivity index (χ4v) is 4.21. The first-order valence-corrected chi connectivity index (χ1v) is 9.99. The molecule has 1 aromatic carbocycles. The lowest BCUT2D eigenvalue weighted by atomic mass is 9.87. The first kappa shape index (κ1) is 17.5. The fourth-order valence-electron chi connectivity index (χ4n) is 4.09. The van der Waals surface area contributed by atoms with Crippen LogP contribution in [0.4, 0.5) is 0 Å². The molecule has 25 heavy (non-hydrogen) atoms. The third-order valence-electron chi connectivity index (χ3n) is 5.85. The molecule has 2 unspecified atom stereocenters. The highest BCUT2D eigenvalue weighted by Crippen LogP contribution is 2.30. The van der Waals surface area contributed by atoms with E-state index in [2.05, 4.69) is 9.80 Å². The van der Waals surface area contributed by atoms with Crippen molar-refractivity contribution < 1.29 is 4.79 Å². The van der Waals surface area contributed by atoms with Crippen molar-refractivity contribution in [2.45, 2.75) is 31.8 Å². The Morgan fingerprint density at radius 3 is 2.48 bits per heavy atom. The van der Waals surface area contributed by atoms with Gasteiger partial charge in [-0.3, -0.25) is 9.69 Å². The lowest BCUT2D eigenvalue weighted by molar-refractivity contribution is 0.0480. The molecule has 4 rings (SSSR count). The summed E-state index contributed by atoms with van der Waals surface area (Å²) in [6.07, 6.45) is 4.81. The van der Waals surface area contributed by atoms with Gasteiger partial charge in [0.1, 0.15) is 0 Å². The van der Waals surface area contributed by atoms with Crippen LogP contribution < -0.4 is 5.32 Å². The molecule has 0 amide bonds. The molecule has 0 spiro atoms. The summed E-state index contributed by atoms with van der Waals surface area (Å²) in [6, 6.07) is 7.31. The highest BCUT2D eigenvalue weighted by atomic mass is 35.5. The van der Waals surface area contributed by atoms with Crippen LogP contribution in [0.2, 0.25) is 5.02 Å².